The molecule has 1 aromatic heterocycles. The van der Waals surface area contributed by atoms with Gasteiger partial charge in [-0.3, -0.25) is 14.5 Å². The molecule has 140 valence electrons. The second kappa shape index (κ2) is 6.64. The van der Waals surface area contributed by atoms with Crippen LogP contribution >= 0.6 is 11.3 Å². The number of carbonyl (C=O) groups is 2. The molecule has 1 aliphatic carbocycles. The molecular formula is C20H16F3NO2S. The highest BCUT2D eigenvalue weighted by Crippen LogP contribution is 2.44. The molecule has 2 aliphatic rings. The molecule has 27 heavy (non-hydrogen) atoms. The van der Waals surface area contributed by atoms with Gasteiger partial charge in [-0.1, -0.05) is 0 Å². The van der Waals surface area contributed by atoms with Crippen molar-refractivity contribution < 1.29 is 22.8 Å². The number of allylic oxidation sites excluding steroid dienone is 2. The van der Waals surface area contributed by atoms with Gasteiger partial charge in [-0.2, -0.15) is 24.5 Å². The molecule has 4 rings (SSSR count). The first kappa shape index (κ1) is 18.0. The van der Waals surface area contributed by atoms with Crippen LogP contribution in [0.3, 0.4) is 0 Å². The number of Topliss-reactive ketones (excluding diaryl/α,β-unsaturated/α-hetero) is 1. The largest absolute Gasteiger partial charge is 0.416 e. The Morgan fingerprint density at radius 2 is 1.78 bits per heavy atom. The maximum absolute atomic E-state index is 12.9. The van der Waals surface area contributed by atoms with Crippen molar-refractivity contribution >= 4 is 28.7 Å². The Kier molecular flexibility index (Phi) is 4.42. The van der Waals surface area contributed by atoms with E-state index in [1.165, 1.54) is 28.4 Å². The smallest absolute Gasteiger partial charge is 0.294 e. The zero-order chi connectivity index (χ0) is 19.2. The fourth-order valence-electron chi connectivity index (χ4n) is 3.85. The molecule has 0 bridgehead atoms. The quantitative estimate of drug-likeness (QED) is 0.697. The Balaban J connectivity index is 1.79. The van der Waals surface area contributed by atoms with E-state index in [2.05, 4.69) is 0 Å². The van der Waals surface area contributed by atoms with Crippen LogP contribution in [0, 0.1) is 0 Å². The van der Waals surface area contributed by atoms with Crippen molar-refractivity contribution in [2.24, 2.45) is 0 Å². The van der Waals surface area contributed by atoms with Crippen LogP contribution in [0.15, 0.2) is 52.4 Å². The molecule has 1 amide bonds. The molecular weight excluding hydrogens is 375 g/mol. The van der Waals surface area contributed by atoms with Crippen LogP contribution in [0.5, 0.6) is 0 Å². The molecule has 2 aromatic rings. The number of thiophene rings is 1. The summed E-state index contributed by atoms with van der Waals surface area (Å²) < 4.78 is 38.5. The van der Waals surface area contributed by atoms with Gasteiger partial charge in [0, 0.05) is 35.7 Å². The molecule has 0 saturated heterocycles. The number of nitrogens with zero attached hydrogens (tertiary/aromatic N) is 1. The lowest BCUT2D eigenvalue weighted by Crippen LogP contribution is -2.40. The lowest BCUT2D eigenvalue weighted by Gasteiger charge is -2.38. The normalized spacial score (nSPS) is 20.9. The number of hydrogen-bond donors (Lipinski definition) is 0. The summed E-state index contributed by atoms with van der Waals surface area (Å²) in [6.45, 7) is 0. The number of hydrogen-bond acceptors (Lipinski definition) is 3. The SMILES string of the molecule is O=C1CCCC2=C1C(c1ccsc1)CC(=O)N2c1ccc(C(F)(F)F)cc1. The van der Waals surface area contributed by atoms with Gasteiger partial charge in [0.2, 0.25) is 5.91 Å². The number of benzene rings is 1. The fourth-order valence-corrected chi connectivity index (χ4v) is 4.56. The first-order valence-corrected chi connectivity index (χ1v) is 9.59. The first-order chi connectivity index (χ1) is 12.9. The van der Waals surface area contributed by atoms with Crippen LogP contribution in [0.1, 0.15) is 42.7 Å². The number of carbonyl (C=O) groups excluding carboxylic acids is 2. The summed E-state index contributed by atoms with van der Waals surface area (Å²) >= 11 is 1.51. The first-order valence-electron chi connectivity index (χ1n) is 8.65. The third-order valence-electron chi connectivity index (χ3n) is 5.07. The van der Waals surface area contributed by atoms with Crippen LogP contribution in [-0.4, -0.2) is 11.7 Å². The summed E-state index contributed by atoms with van der Waals surface area (Å²) in [4.78, 5) is 27.0. The fraction of sp³-hybridized carbons (Fsp3) is 0.300. The van der Waals surface area contributed by atoms with E-state index in [-0.39, 0.29) is 24.0 Å². The second-order valence-electron chi connectivity index (χ2n) is 6.72. The molecule has 2 heterocycles. The summed E-state index contributed by atoms with van der Waals surface area (Å²) in [5, 5.41) is 3.85. The van der Waals surface area contributed by atoms with E-state index < -0.39 is 11.7 Å². The molecule has 1 unspecified atom stereocenters. The second-order valence-corrected chi connectivity index (χ2v) is 7.50. The molecule has 7 heteroatoms. The van der Waals surface area contributed by atoms with Crippen LogP contribution in [0.4, 0.5) is 18.9 Å². The highest BCUT2D eigenvalue weighted by atomic mass is 32.1. The number of halogens is 3. The maximum Gasteiger partial charge on any atom is 0.416 e. The number of amides is 1. The van der Waals surface area contributed by atoms with E-state index in [1.54, 1.807) is 0 Å². The maximum atomic E-state index is 12.9. The van der Waals surface area contributed by atoms with Gasteiger partial charge in [0.1, 0.15) is 0 Å². The van der Waals surface area contributed by atoms with Crippen molar-refractivity contribution in [3.8, 4) is 0 Å². The molecule has 0 radical (unpaired) electrons. The zero-order valence-corrected chi connectivity index (χ0v) is 15.1. The van der Waals surface area contributed by atoms with E-state index in [0.29, 0.717) is 36.2 Å². The predicted octanol–water partition coefficient (Wildman–Crippen LogP) is 5.29. The van der Waals surface area contributed by atoms with Crippen molar-refractivity contribution in [1.29, 1.82) is 0 Å². The van der Waals surface area contributed by atoms with E-state index in [0.717, 1.165) is 17.7 Å². The van der Waals surface area contributed by atoms with Gasteiger partial charge in [0.05, 0.1) is 5.56 Å². The molecule has 0 fully saturated rings. The van der Waals surface area contributed by atoms with Crippen LogP contribution in [0.25, 0.3) is 0 Å². The molecule has 1 aliphatic heterocycles. The van der Waals surface area contributed by atoms with E-state index >= 15 is 0 Å². The summed E-state index contributed by atoms with van der Waals surface area (Å²) in [5.74, 6) is -0.437. The Morgan fingerprint density at radius 3 is 2.41 bits per heavy atom. The summed E-state index contributed by atoms with van der Waals surface area (Å²) in [5.41, 5.74) is 1.83. The minimum atomic E-state index is -4.43. The van der Waals surface area contributed by atoms with Gasteiger partial charge in [-0.05, 0) is 59.5 Å². The highest BCUT2D eigenvalue weighted by Gasteiger charge is 2.40. The molecule has 0 spiro atoms. The van der Waals surface area contributed by atoms with Gasteiger partial charge >= 0.3 is 6.18 Å². The highest BCUT2D eigenvalue weighted by molar-refractivity contribution is 7.08. The molecule has 1 atom stereocenters. The van der Waals surface area contributed by atoms with Gasteiger partial charge in [-0.25, -0.2) is 0 Å². The topological polar surface area (TPSA) is 37.4 Å². The Morgan fingerprint density at radius 1 is 1.04 bits per heavy atom. The lowest BCUT2D eigenvalue weighted by atomic mass is 9.78. The number of rotatable bonds is 2. The third-order valence-corrected chi connectivity index (χ3v) is 5.78. The number of alkyl halides is 3. The minimum Gasteiger partial charge on any atom is -0.294 e. The molecule has 0 N–H and O–H groups in total. The lowest BCUT2D eigenvalue weighted by molar-refractivity contribution is -0.137. The van der Waals surface area contributed by atoms with Gasteiger partial charge in [0.15, 0.2) is 5.78 Å². The molecule has 1 aromatic carbocycles. The summed E-state index contributed by atoms with van der Waals surface area (Å²) in [7, 11) is 0. The van der Waals surface area contributed by atoms with Gasteiger partial charge < -0.3 is 0 Å². The predicted molar refractivity (Wildman–Crippen MR) is 96.5 cm³/mol. The Labute approximate surface area is 158 Å². The van der Waals surface area contributed by atoms with Crippen molar-refractivity contribution in [3.05, 3.63) is 63.5 Å². The average Bonchev–Trinajstić information content (AvgIpc) is 3.15. The summed E-state index contributed by atoms with van der Waals surface area (Å²) in [6.07, 6.45) is -2.65. The standard InChI is InChI=1S/C20H16F3NO2S/c21-20(22,23)13-4-6-14(7-5-13)24-16-2-1-3-17(25)19(16)15(10-18(24)26)12-8-9-27-11-12/h4-9,11,15H,1-3,10H2. The Hall–Kier alpha value is -2.41. The van der Waals surface area contributed by atoms with Gasteiger partial charge in [0.25, 0.3) is 0 Å². The van der Waals surface area contributed by atoms with Crippen LogP contribution in [0.2, 0.25) is 0 Å². The van der Waals surface area contributed by atoms with Crippen LogP contribution < -0.4 is 4.90 Å². The average molecular weight is 391 g/mol. The number of anilines is 1. The number of ketones is 1. The van der Waals surface area contributed by atoms with E-state index in [4.69, 9.17) is 0 Å². The zero-order valence-electron chi connectivity index (χ0n) is 14.3. The third kappa shape index (κ3) is 3.20. The minimum absolute atomic E-state index is 0.0249. The van der Waals surface area contributed by atoms with Crippen molar-refractivity contribution in [2.75, 3.05) is 4.90 Å². The van der Waals surface area contributed by atoms with E-state index in [1.807, 2.05) is 16.8 Å². The van der Waals surface area contributed by atoms with E-state index in [9.17, 15) is 22.8 Å². The Bertz CT molecular complexity index is 914. The van der Waals surface area contributed by atoms with Crippen molar-refractivity contribution in [3.63, 3.8) is 0 Å². The molecule has 3 nitrogen and oxygen atoms in total. The van der Waals surface area contributed by atoms with Crippen molar-refractivity contribution in [1.82, 2.24) is 0 Å². The monoisotopic (exact) mass is 391 g/mol. The van der Waals surface area contributed by atoms with Crippen molar-refractivity contribution in [2.45, 2.75) is 37.8 Å². The van der Waals surface area contributed by atoms with Crippen LogP contribution in [-0.2, 0) is 15.8 Å². The van der Waals surface area contributed by atoms with Gasteiger partial charge in [-0.15, -0.1) is 0 Å². The summed E-state index contributed by atoms with van der Waals surface area (Å²) in [6, 6.07) is 6.46. The molecule has 0 saturated carbocycles.